The second kappa shape index (κ2) is 9.62. The van der Waals surface area contributed by atoms with E-state index in [9.17, 15) is 0 Å². The van der Waals surface area contributed by atoms with Gasteiger partial charge in [0, 0.05) is 18.8 Å². The Balaban J connectivity index is 1.51. The molecule has 1 heterocycles. The van der Waals surface area contributed by atoms with Gasteiger partial charge in [-0.15, -0.1) is 0 Å². The summed E-state index contributed by atoms with van der Waals surface area (Å²) in [4.78, 5) is 2.52. The van der Waals surface area contributed by atoms with E-state index in [1.165, 1.54) is 16.8 Å². The lowest BCUT2D eigenvalue weighted by Gasteiger charge is -2.30. The predicted octanol–water partition coefficient (Wildman–Crippen LogP) is 4.78. The van der Waals surface area contributed by atoms with E-state index in [2.05, 4.69) is 95.1 Å². The van der Waals surface area contributed by atoms with Gasteiger partial charge in [0.2, 0.25) is 0 Å². The van der Waals surface area contributed by atoms with Gasteiger partial charge in [-0.05, 0) is 66.7 Å². The summed E-state index contributed by atoms with van der Waals surface area (Å²) in [5, 5.41) is 3.63. The second-order valence-electron chi connectivity index (χ2n) is 7.93. The molecule has 1 aliphatic rings. The molecule has 1 N–H and O–H groups in total. The summed E-state index contributed by atoms with van der Waals surface area (Å²) in [5.74, 6) is 2.19. The number of rotatable bonds is 8. The number of ether oxygens (including phenoxy) is 1. The molecule has 2 atom stereocenters. The van der Waals surface area contributed by atoms with Crippen LogP contribution < -0.4 is 15.0 Å². The average molecular weight is 387 g/mol. The number of anilines is 1. The zero-order valence-corrected chi connectivity index (χ0v) is 17.1. The highest BCUT2D eigenvalue weighted by molar-refractivity contribution is 5.49. The number of hydrogen-bond acceptors (Lipinski definition) is 3. The Labute approximate surface area is 174 Å². The minimum absolute atomic E-state index is 0.626. The highest BCUT2D eigenvalue weighted by atomic mass is 16.5. The summed E-state index contributed by atoms with van der Waals surface area (Å²) >= 11 is 0. The molecule has 0 aliphatic carbocycles. The molecule has 3 heteroatoms. The first kappa shape index (κ1) is 19.5. The van der Waals surface area contributed by atoms with Crippen molar-refractivity contribution in [3.63, 3.8) is 0 Å². The third-order valence-corrected chi connectivity index (χ3v) is 5.93. The molecule has 0 spiro atoms. The van der Waals surface area contributed by atoms with E-state index in [1.54, 1.807) is 7.11 Å². The number of methoxy groups -OCH3 is 1. The van der Waals surface area contributed by atoms with E-state index in [4.69, 9.17) is 4.74 Å². The predicted molar refractivity (Wildman–Crippen MR) is 120 cm³/mol. The molecule has 4 rings (SSSR count). The molecule has 150 valence electrons. The zero-order chi connectivity index (χ0) is 19.9. The normalized spacial score (nSPS) is 18.5. The number of nitrogens with one attached hydrogen (secondary N) is 1. The van der Waals surface area contributed by atoms with Crippen LogP contribution in [-0.2, 0) is 13.0 Å². The maximum absolute atomic E-state index is 5.36. The third kappa shape index (κ3) is 5.18. The lowest BCUT2D eigenvalue weighted by molar-refractivity contribution is 0.411. The summed E-state index contributed by atoms with van der Waals surface area (Å²) in [6.45, 7) is 4.15. The summed E-state index contributed by atoms with van der Waals surface area (Å²) in [7, 11) is 1.72. The van der Waals surface area contributed by atoms with Crippen molar-refractivity contribution in [3.8, 4) is 5.75 Å². The van der Waals surface area contributed by atoms with Crippen molar-refractivity contribution in [3.05, 3.63) is 96.1 Å². The Morgan fingerprint density at radius 2 is 1.41 bits per heavy atom. The monoisotopic (exact) mass is 386 g/mol. The van der Waals surface area contributed by atoms with Gasteiger partial charge < -0.3 is 15.0 Å². The molecule has 3 nitrogen and oxygen atoms in total. The topological polar surface area (TPSA) is 24.5 Å². The summed E-state index contributed by atoms with van der Waals surface area (Å²) < 4.78 is 5.36. The van der Waals surface area contributed by atoms with E-state index >= 15 is 0 Å². The van der Waals surface area contributed by atoms with Gasteiger partial charge in [0.25, 0.3) is 0 Å². The van der Waals surface area contributed by atoms with Gasteiger partial charge in [0.1, 0.15) is 5.75 Å². The molecule has 1 saturated heterocycles. The number of nitrogens with zero attached hydrogens (tertiary/aromatic N) is 1. The molecule has 0 radical (unpaired) electrons. The van der Waals surface area contributed by atoms with Gasteiger partial charge in [-0.25, -0.2) is 0 Å². The van der Waals surface area contributed by atoms with Gasteiger partial charge in [-0.3, -0.25) is 0 Å². The van der Waals surface area contributed by atoms with Crippen LogP contribution in [0.5, 0.6) is 5.75 Å². The fourth-order valence-corrected chi connectivity index (χ4v) is 4.30. The van der Waals surface area contributed by atoms with Crippen molar-refractivity contribution in [1.82, 2.24) is 5.32 Å². The largest absolute Gasteiger partial charge is 0.497 e. The molecule has 1 fully saturated rings. The minimum Gasteiger partial charge on any atom is -0.497 e. The smallest absolute Gasteiger partial charge is 0.119 e. The van der Waals surface area contributed by atoms with Crippen molar-refractivity contribution in [2.75, 3.05) is 31.6 Å². The Morgan fingerprint density at radius 1 is 0.793 bits per heavy atom. The number of benzene rings is 3. The molecule has 0 bridgehead atoms. The van der Waals surface area contributed by atoms with Gasteiger partial charge in [-0.1, -0.05) is 60.7 Å². The van der Waals surface area contributed by atoms with Crippen molar-refractivity contribution in [2.24, 2.45) is 11.8 Å². The fourth-order valence-electron chi connectivity index (χ4n) is 4.30. The van der Waals surface area contributed by atoms with E-state index < -0.39 is 0 Å². The maximum Gasteiger partial charge on any atom is 0.119 e. The summed E-state index contributed by atoms with van der Waals surface area (Å²) in [5.41, 5.74) is 4.03. The van der Waals surface area contributed by atoms with Crippen molar-refractivity contribution in [2.45, 2.75) is 13.0 Å². The van der Waals surface area contributed by atoms with E-state index in [1.807, 2.05) is 0 Å². The Morgan fingerprint density at radius 3 is 2.07 bits per heavy atom. The van der Waals surface area contributed by atoms with Crippen LogP contribution in [0.2, 0.25) is 0 Å². The first-order valence-corrected chi connectivity index (χ1v) is 10.5. The Bertz CT molecular complexity index is 864. The van der Waals surface area contributed by atoms with Gasteiger partial charge in [0.15, 0.2) is 0 Å². The maximum atomic E-state index is 5.36. The molecule has 0 amide bonds. The third-order valence-electron chi connectivity index (χ3n) is 5.93. The van der Waals surface area contributed by atoms with Gasteiger partial charge >= 0.3 is 0 Å². The fraction of sp³-hybridized carbons (Fsp3) is 0.308. The van der Waals surface area contributed by atoms with Crippen LogP contribution in [0.25, 0.3) is 0 Å². The molecule has 0 aromatic heterocycles. The highest BCUT2D eigenvalue weighted by Crippen LogP contribution is 2.27. The Hall–Kier alpha value is -2.78. The van der Waals surface area contributed by atoms with E-state index in [-0.39, 0.29) is 0 Å². The van der Waals surface area contributed by atoms with Gasteiger partial charge in [-0.2, -0.15) is 0 Å². The molecule has 3 aromatic carbocycles. The van der Waals surface area contributed by atoms with Crippen LogP contribution in [0.15, 0.2) is 84.9 Å². The first-order valence-electron chi connectivity index (χ1n) is 10.5. The summed E-state index contributed by atoms with van der Waals surface area (Å²) in [6, 6.07) is 30.1. The van der Waals surface area contributed by atoms with E-state index in [0.29, 0.717) is 11.8 Å². The zero-order valence-electron chi connectivity index (χ0n) is 17.1. The first-order chi connectivity index (χ1) is 14.3. The van der Waals surface area contributed by atoms with Crippen LogP contribution in [0.4, 0.5) is 5.69 Å². The van der Waals surface area contributed by atoms with Crippen molar-refractivity contribution >= 4 is 5.69 Å². The summed E-state index contributed by atoms with van der Waals surface area (Å²) in [6.07, 6.45) is 1.14. The molecule has 0 saturated carbocycles. The Kier molecular flexibility index (Phi) is 6.48. The molecular formula is C26H30N2O. The lowest BCUT2D eigenvalue weighted by Crippen LogP contribution is -2.33. The van der Waals surface area contributed by atoms with Crippen LogP contribution in [0, 0.1) is 11.8 Å². The standard InChI is InChI=1S/C26H30N2O/c1-29-26-14-12-25(13-15-26)28(19-22-10-6-3-7-11-22)20-24-18-27-17-23(24)16-21-8-4-2-5-9-21/h2-15,23-24,27H,16-20H2,1H3/t23-,24+/m0/s1. The lowest BCUT2D eigenvalue weighted by atomic mass is 9.89. The molecular weight excluding hydrogens is 356 g/mol. The molecule has 0 unspecified atom stereocenters. The quantitative estimate of drug-likeness (QED) is 0.603. The van der Waals surface area contributed by atoms with Crippen LogP contribution in [0.1, 0.15) is 11.1 Å². The number of hydrogen-bond donors (Lipinski definition) is 1. The minimum atomic E-state index is 0.626. The van der Waals surface area contributed by atoms with Crippen LogP contribution in [0.3, 0.4) is 0 Å². The van der Waals surface area contributed by atoms with Crippen LogP contribution >= 0.6 is 0 Å². The SMILES string of the molecule is COc1ccc(N(Cc2ccccc2)C[C@H]2CNC[C@@H]2Cc2ccccc2)cc1. The highest BCUT2D eigenvalue weighted by Gasteiger charge is 2.29. The molecule has 3 aromatic rings. The van der Waals surface area contributed by atoms with Crippen molar-refractivity contribution < 1.29 is 4.74 Å². The molecule has 29 heavy (non-hydrogen) atoms. The molecule has 1 aliphatic heterocycles. The van der Waals surface area contributed by atoms with Crippen LogP contribution in [-0.4, -0.2) is 26.7 Å². The second-order valence-corrected chi connectivity index (χ2v) is 7.93. The van der Waals surface area contributed by atoms with Crippen molar-refractivity contribution in [1.29, 1.82) is 0 Å². The van der Waals surface area contributed by atoms with Gasteiger partial charge in [0.05, 0.1) is 7.11 Å². The van der Waals surface area contributed by atoms with E-state index in [0.717, 1.165) is 38.3 Å². The average Bonchev–Trinajstić information content (AvgIpc) is 3.21.